The summed E-state index contributed by atoms with van der Waals surface area (Å²) in [6.45, 7) is 0.693. The Morgan fingerprint density at radius 3 is 2.48 bits per heavy atom. The van der Waals surface area contributed by atoms with Crippen LogP contribution in [-0.2, 0) is 47.7 Å². The van der Waals surface area contributed by atoms with E-state index >= 15 is 0 Å². The Balaban J connectivity index is 1.45. The van der Waals surface area contributed by atoms with Crippen LogP contribution < -0.4 is 14.1 Å². The van der Waals surface area contributed by atoms with Crippen molar-refractivity contribution in [2.75, 3.05) is 22.8 Å². The van der Waals surface area contributed by atoms with Crippen molar-refractivity contribution in [3.8, 4) is 0 Å². The van der Waals surface area contributed by atoms with E-state index in [4.69, 9.17) is 4.74 Å². The minimum atomic E-state index is -4.64. The van der Waals surface area contributed by atoms with Crippen molar-refractivity contribution >= 4 is 27.6 Å². The van der Waals surface area contributed by atoms with E-state index in [0.29, 0.717) is 25.1 Å². The van der Waals surface area contributed by atoms with Crippen molar-refractivity contribution in [2.45, 2.75) is 57.4 Å². The molecule has 0 bridgehead atoms. The Bertz CT molecular complexity index is 1140. The van der Waals surface area contributed by atoms with Crippen LogP contribution in [0.5, 0.6) is 0 Å². The van der Waals surface area contributed by atoms with Crippen molar-refractivity contribution < 1.29 is 22.4 Å². The molecule has 2 aromatic rings. The minimum absolute atomic E-state index is 0.155. The number of nitrogens with one attached hydrogen (secondary N) is 2. The van der Waals surface area contributed by atoms with Gasteiger partial charge in [-0.05, 0) is 73.6 Å². The van der Waals surface area contributed by atoms with Crippen LogP contribution in [-0.4, -0.2) is 43.5 Å². The minimum Gasteiger partial charge on any atom is -0.608 e. The van der Waals surface area contributed by atoms with Crippen molar-refractivity contribution in [1.82, 2.24) is 9.78 Å². The first-order valence-corrected chi connectivity index (χ1v) is 12.9. The molecule has 2 amide bonds. The number of benzene rings is 1. The van der Waals surface area contributed by atoms with E-state index in [-0.39, 0.29) is 12.3 Å². The maximum atomic E-state index is 13.5. The number of hydroxylamine groups is 1. The summed E-state index contributed by atoms with van der Waals surface area (Å²) in [5, 5.41) is 19.9. The smallest absolute Gasteiger partial charge is 0.436 e. The van der Waals surface area contributed by atoms with Crippen molar-refractivity contribution in [2.24, 2.45) is 7.05 Å². The molecule has 1 saturated heterocycles. The van der Waals surface area contributed by atoms with Crippen LogP contribution in [0.2, 0.25) is 0 Å². The fourth-order valence-electron chi connectivity index (χ4n) is 5.31. The maximum absolute atomic E-state index is 13.5. The number of nitrogens with zero attached hydrogens (tertiary/aromatic N) is 3. The summed E-state index contributed by atoms with van der Waals surface area (Å²) in [5.74, 6) is 0. The van der Waals surface area contributed by atoms with Crippen molar-refractivity contribution in [3.63, 3.8) is 0 Å². The summed E-state index contributed by atoms with van der Waals surface area (Å²) in [6, 6.07) is 0.525. The van der Waals surface area contributed by atoms with Crippen LogP contribution in [0, 0.1) is 5.21 Å². The first-order valence-electron chi connectivity index (χ1n) is 11.5. The van der Waals surface area contributed by atoms with E-state index in [1.54, 1.807) is 7.05 Å². The number of ether oxygens (including phenoxy) is 1. The Kier molecular flexibility index (Phi) is 5.89. The standard InChI is InChI=1S/C22H29N5O5S/c1-25-13-18(12-23-25)26(17-7-4-10-32-14-17)33(30,31)27(29)22(28)24-21-19-8-2-5-15(19)11-16-6-3-9-20(16)21/h11-13,17,27H,2-10,14H2,1H3,(H,24,28). The Morgan fingerprint density at radius 2 is 1.91 bits per heavy atom. The Labute approximate surface area is 193 Å². The lowest BCUT2D eigenvalue weighted by Gasteiger charge is -2.35. The van der Waals surface area contributed by atoms with Gasteiger partial charge in [0.2, 0.25) is 0 Å². The van der Waals surface area contributed by atoms with Crippen LogP contribution in [0.4, 0.5) is 16.2 Å². The molecular formula is C22H29N5O5S. The fraction of sp³-hybridized carbons (Fsp3) is 0.545. The number of anilines is 2. The quantitative estimate of drug-likeness (QED) is 0.628. The number of carbonyl (C=O) groups is 1. The predicted octanol–water partition coefficient (Wildman–Crippen LogP) is 1.24. The molecule has 1 aromatic heterocycles. The van der Waals surface area contributed by atoms with Crippen LogP contribution in [0.3, 0.4) is 0 Å². The largest absolute Gasteiger partial charge is 0.608 e. The van der Waals surface area contributed by atoms with Crippen LogP contribution in [0.25, 0.3) is 0 Å². The lowest BCUT2D eigenvalue weighted by Crippen LogP contribution is -3.14. The molecule has 0 radical (unpaired) electrons. The highest BCUT2D eigenvalue weighted by molar-refractivity contribution is 7.86. The highest BCUT2D eigenvalue weighted by Crippen LogP contribution is 2.38. The van der Waals surface area contributed by atoms with Gasteiger partial charge < -0.3 is 9.94 Å². The molecule has 0 spiro atoms. The zero-order chi connectivity index (χ0) is 23.2. The molecule has 1 fully saturated rings. The van der Waals surface area contributed by atoms with Gasteiger partial charge in [-0.25, -0.2) is 9.10 Å². The Morgan fingerprint density at radius 1 is 1.21 bits per heavy atom. The number of fused-ring (bicyclic) bond motifs is 2. The third-order valence-electron chi connectivity index (χ3n) is 6.80. The second-order valence-electron chi connectivity index (χ2n) is 9.02. The van der Waals surface area contributed by atoms with Gasteiger partial charge in [0.25, 0.3) is 0 Å². The van der Waals surface area contributed by atoms with Gasteiger partial charge in [0.15, 0.2) is 0 Å². The van der Waals surface area contributed by atoms with E-state index in [1.165, 1.54) is 28.2 Å². The van der Waals surface area contributed by atoms with Gasteiger partial charge in [0.1, 0.15) is 0 Å². The summed E-state index contributed by atoms with van der Waals surface area (Å²) >= 11 is 0. The van der Waals surface area contributed by atoms with E-state index in [9.17, 15) is 18.4 Å². The van der Waals surface area contributed by atoms with Gasteiger partial charge in [-0.15, -0.1) is 0 Å². The number of rotatable bonds is 5. The van der Waals surface area contributed by atoms with Crippen molar-refractivity contribution in [3.05, 3.63) is 45.9 Å². The normalized spacial score (nSPS) is 20.8. The van der Waals surface area contributed by atoms with Gasteiger partial charge in [-0.1, -0.05) is 6.07 Å². The highest BCUT2D eigenvalue weighted by Gasteiger charge is 2.40. The molecule has 11 heteroatoms. The molecule has 178 valence electrons. The molecule has 33 heavy (non-hydrogen) atoms. The SMILES string of the molecule is Cn1cc(N(C2CCCOC2)S(=O)(=O)[NH+]([O-])C(=O)Nc2c3c(cc4c2CCC4)CCC3)cn1. The van der Waals surface area contributed by atoms with Crippen LogP contribution >= 0.6 is 0 Å². The lowest BCUT2D eigenvalue weighted by atomic mass is 9.99. The molecule has 5 rings (SSSR count). The highest BCUT2D eigenvalue weighted by atomic mass is 32.2. The number of hydrogen-bond acceptors (Lipinski definition) is 6. The summed E-state index contributed by atoms with van der Waals surface area (Å²) < 4.78 is 33.4. The number of aromatic nitrogens is 2. The monoisotopic (exact) mass is 475 g/mol. The molecule has 1 aliphatic heterocycles. The number of amides is 2. The number of aryl methyl sites for hydroxylation is 3. The van der Waals surface area contributed by atoms with E-state index in [0.717, 1.165) is 54.0 Å². The second-order valence-corrected chi connectivity index (χ2v) is 10.7. The summed E-state index contributed by atoms with van der Waals surface area (Å²) in [4.78, 5) is 13.1. The molecular weight excluding hydrogens is 446 g/mol. The average molecular weight is 476 g/mol. The van der Waals surface area contributed by atoms with E-state index < -0.39 is 26.8 Å². The summed E-state index contributed by atoms with van der Waals surface area (Å²) in [7, 11) is -2.98. The number of carbonyl (C=O) groups excluding carboxylic acids is 1. The van der Waals surface area contributed by atoms with Gasteiger partial charge in [0, 0.05) is 19.9 Å². The van der Waals surface area contributed by atoms with E-state index in [1.807, 2.05) is 0 Å². The third-order valence-corrected chi connectivity index (χ3v) is 8.48. The molecule has 2 aliphatic carbocycles. The summed E-state index contributed by atoms with van der Waals surface area (Å²) in [6.07, 6.45) is 9.60. The number of hydrogen-bond donors (Lipinski definition) is 2. The molecule has 2 unspecified atom stereocenters. The molecule has 2 heterocycles. The molecule has 1 aromatic carbocycles. The molecule has 0 saturated carbocycles. The zero-order valence-electron chi connectivity index (χ0n) is 18.7. The van der Waals surface area contributed by atoms with Gasteiger partial charge in [0.05, 0.1) is 30.2 Å². The van der Waals surface area contributed by atoms with Gasteiger partial charge >= 0.3 is 16.2 Å². The second kappa shape index (κ2) is 8.71. The van der Waals surface area contributed by atoms with Gasteiger partial charge in [-0.2, -0.15) is 18.0 Å². The van der Waals surface area contributed by atoms with E-state index in [2.05, 4.69) is 16.5 Å². The fourth-order valence-corrected chi connectivity index (χ4v) is 6.71. The first-order chi connectivity index (χ1) is 15.9. The first kappa shape index (κ1) is 22.3. The van der Waals surface area contributed by atoms with Crippen LogP contribution in [0.1, 0.15) is 47.9 Å². The summed E-state index contributed by atoms with van der Waals surface area (Å²) in [5.41, 5.74) is 5.36. The third kappa shape index (κ3) is 4.03. The van der Waals surface area contributed by atoms with Crippen molar-refractivity contribution in [1.29, 1.82) is 0 Å². The number of urea groups is 1. The molecule has 2 atom stereocenters. The molecule has 10 nitrogen and oxygen atoms in total. The maximum Gasteiger partial charge on any atom is 0.436 e. The van der Waals surface area contributed by atoms with Gasteiger partial charge in [-0.3, -0.25) is 10.00 Å². The average Bonchev–Trinajstić information content (AvgIpc) is 3.55. The Hall–Kier alpha value is -2.47. The zero-order valence-corrected chi connectivity index (χ0v) is 19.5. The topological polar surface area (TPSA) is 121 Å². The molecule has 2 N–H and O–H groups in total. The number of quaternary nitrogens is 1. The lowest BCUT2D eigenvalue weighted by molar-refractivity contribution is -0.604. The predicted molar refractivity (Wildman–Crippen MR) is 122 cm³/mol. The van der Waals surface area contributed by atoms with Crippen LogP contribution in [0.15, 0.2) is 18.5 Å². The molecule has 3 aliphatic rings.